The van der Waals surface area contributed by atoms with Crippen molar-refractivity contribution in [3.63, 3.8) is 0 Å². The number of amides is 1. The fourth-order valence-corrected chi connectivity index (χ4v) is 3.35. The number of aromatic nitrogens is 1. The van der Waals surface area contributed by atoms with E-state index in [1.807, 2.05) is 27.7 Å². The maximum absolute atomic E-state index is 12.4. The molecule has 0 spiro atoms. The Bertz CT molecular complexity index is 557. The molecule has 1 saturated heterocycles. The molecular formula is C17H28N2O3S. The minimum Gasteiger partial charge on any atom is -0.444 e. The Balaban J connectivity index is 2.11. The Kier molecular flexibility index (Phi) is 5.06. The molecule has 0 bridgehead atoms. The highest BCUT2D eigenvalue weighted by atomic mass is 32.1. The molecule has 1 amide bonds. The second-order valence-electron chi connectivity index (χ2n) is 8.12. The quantitative estimate of drug-likeness (QED) is 0.771. The second-order valence-corrected chi connectivity index (χ2v) is 9.01. The van der Waals surface area contributed by atoms with E-state index >= 15 is 0 Å². The van der Waals surface area contributed by atoms with Crippen LogP contribution in [0, 0.1) is 0 Å². The second kappa shape index (κ2) is 6.40. The first-order valence-corrected chi connectivity index (χ1v) is 8.92. The van der Waals surface area contributed by atoms with Crippen molar-refractivity contribution in [2.75, 3.05) is 13.2 Å². The van der Waals surface area contributed by atoms with Crippen LogP contribution in [0.4, 0.5) is 4.79 Å². The predicted molar refractivity (Wildman–Crippen MR) is 91.9 cm³/mol. The van der Waals surface area contributed by atoms with Gasteiger partial charge in [0, 0.05) is 10.8 Å². The van der Waals surface area contributed by atoms with Gasteiger partial charge in [0.15, 0.2) is 0 Å². The molecule has 0 radical (unpaired) electrons. The minimum atomic E-state index is -0.495. The van der Waals surface area contributed by atoms with Crippen molar-refractivity contribution in [3.05, 3.63) is 16.1 Å². The highest BCUT2D eigenvalue weighted by molar-refractivity contribution is 7.09. The molecule has 1 fully saturated rings. The van der Waals surface area contributed by atoms with Crippen LogP contribution in [0.15, 0.2) is 5.38 Å². The topological polar surface area (TPSA) is 51.7 Å². The van der Waals surface area contributed by atoms with Crippen LogP contribution in [0.1, 0.15) is 65.3 Å². The molecule has 2 rings (SSSR count). The summed E-state index contributed by atoms with van der Waals surface area (Å²) in [5.41, 5.74) is 0.579. The Morgan fingerprint density at radius 2 is 2.00 bits per heavy atom. The lowest BCUT2D eigenvalue weighted by atomic mass is 9.93. The normalized spacial score (nSPS) is 23.0. The van der Waals surface area contributed by atoms with E-state index in [2.05, 4.69) is 26.2 Å². The molecule has 0 aromatic carbocycles. The van der Waals surface area contributed by atoms with Crippen LogP contribution in [-0.2, 0) is 14.9 Å². The summed E-state index contributed by atoms with van der Waals surface area (Å²) in [5.74, 6) is 0. The molecule has 5 nitrogen and oxygen atoms in total. The third kappa shape index (κ3) is 4.67. The van der Waals surface area contributed by atoms with Crippen LogP contribution < -0.4 is 0 Å². The fourth-order valence-electron chi connectivity index (χ4n) is 2.26. The van der Waals surface area contributed by atoms with Gasteiger partial charge in [0.05, 0.1) is 24.9 Å². The van der Waals surface area contributed by atoms with E-state index in [9.17, 15) is 4.79 Å². The molecule has 0 N–H and O–H groups in total. The number of thiazole rings is 1. The minimum absolute atomic E-state index is 0.00292. The number of carbonyl (C=O) groups excluding carboxylic acids is 1. The summed E-state index contributed by atoms with van der Waals surface area (Å²) < 4.78 is 11.4. The molecule has 130 valence electrons. The predicted octanol–water partition coefficient (Wildman–Crippen LogP) is 4.14. The van der Waals surface area contributed by atoms with Gasteiger partial charge in [0.25, 0.3) is 0 Å². The number of morpholine rings is 1. The molecule has 1 aromatic rings. The summed E-state index contributed by atoms with van der Waals surface area (Å²) in [5, 5.41) is 3.00. The molecule has 23 heavy (non-hydrogen) atoms. The lowest BCUT2D eigenvalue weighted by Crippen LogP contribution is -2.49. The summed E-state index contributed by atoms with van der Waals surface area (Å²) in [6, 6.07) is 0.00292. The number of carbonyl (C=O) groups is 1. The lowest BCUT2D eigenvalue weighted by Gasteiger charge is -2.38. The van der Waals surface area contributed by atoms with Crippen molar-refractivity contribution in [2.45, 2.75) is 71.6 Å². The Hall–Kier alpha value is -1.14. The van der Waals surface area contributed by atoms with Crippen molar-refractivity contribution in [1.82, 2.24) is 9.88 Å². The van der Waals surface area contributed by atoms with Crippen molar-refractivity contribution in [1.29, 1.82) is 0 Å². The number of hydrogen-bond acceptors (Lipinski definition) is 5. The highest BCUT2D eigenvalue weighted by Crippen LogP contribution is 2.31. The van der Waals surface area contributed by atoms with Crippen molar-refractivity contribution in [2.24, 2.45) is 0 Å². The molecular weight excluding hydrogens is 312 g/mol. The molecule has 1 aromatic heterocycles. The molecule has 2 heterocycles. The molecule has 1 aliphatic heterocycles. The molecule has 0 saturated carbocycles. The van der Waals surface area contributed by atoms with Gasteiger partial charge in [-0.05, 0) is 27.7 Å². The third-order valence-corrected chi connectivity index (χ3v) is 4.56. The first kappa shape index (κ1) is 18.2. The molecule has 6 heteroatoms. The summed E-state index contributed by atoms with van der Waals surface area (Å²) in [4.78, 5) is 18.9. The van der Waals surface area contributed by atoms with Gasteiger partial charge in [-0.2, -0.15) is 0 Å². The van der Waals surface area contributed by atoms with Crippen LogP contribution in [0.5, 0.6) is 0 Å². The zero-order valence-corrected chi connectivity index (χ0v) is 16.0. The van der Waals surface area contributed by atoms with E-state index in [1.165, 1.54) is 0 Å². The zero-order valence-electron chi connectivity index (χ0n) is 15.2. The fraction of sp³-hybridized carbons (Fsp3) is 0.765. The Morgan fingerprint density at radius 1 is 1.35 bits per heavy atom. The van der Waals surface area contributed by atoms with Gasteiger partial charge >= 0.3 is 6.09 Å². The summed E-state index contributed by atoms with van der Waals surface area (Å²) in [6.45, 7) is 15.0. The summed E-state index contributed by atoms with van der Waals surface area (Å²) >= 11 is 1.60. The van der Waals surface area contributed by atoms with Gasteiger partial charge in [-0.1, -0.05) is 20.8 Å². The standard InChI is InChI=1S/C17H28N2O3S/c1-11-9-21-12(8-19(11)15(20)22-17(5,6)7)14-18-13(10-23-14)16(2,3)4/h10-12H,8-9H2,1-7H3/t11-,12+/m1/s1. The zero-order chi connectivity index (χ0) is 17.4. The molecule has 0 aliphatic carbocycles. The largest absolute Gasteiger partial charge is 0.444 e. The molecule has 0 unspecified atom stereocenters. The van der Waals surface area contributed by atoms with Crippen LogP contribution >= 0.6 is 11.3 Å². The maximum atomic E-state index is 12.4. The van der Waals surface area contributed by atoms with E-state index < -0.39 is 5.60 Å². The van der Waals surface area contributed by atoms with Gasteiger partial charge in [0.1, 0.15) is 16.7 Å². The molecule has 2 atom stereocenters. The monoisotopic (exact) mass is 340 g/mol. The van der Waals surface area contributed by atoms with E-state index in [4.69, 9.17) is 14.5 Å². The van der Waals surface area contributed by atoms with Gasteiger partial charge in [-0.15, -0.1) is 11.3 Å². The van der Waals surface area contributed by atoms with Crippen LogP contribution in [0.25, 0.3) is 0 Å². The van der Waals surface area contributed by atoms with Crippen LogP contribution in [-0.4, -0.2) is 40.8 Å². The van der Waals surface area contributed by atoms with Gasteiger partial charge in [-0.3, -0.25) is 0 Å². The Labute approximate surface area is 143 Å². The number of ether oxygens (including phenoxy) is 2. The van der Waals surface area contributed by atoms with E-state index in [1.54, 1.807) is 16.2 Å². The molecule has 1 aliphatic rings. The SMILES string of the molecule is C[C@@H]1CO[C@H](c2nc(C(C)(C)C)cs2)CN1C(=O)OC(C)(C)C. The van der Waals surface area contributed by atoms with Crippen molar-refractivity contribution >= 4 is 17.4 Å². The van der Waals surface area contributed by atoms with Crippen LogP contribution in [0.3, 0.4) is 0 Å². The third-order valence-electron chi connectivity index (χ3n) is 3.63. The van der Waals surface area contributed by atoms with E-state index in [0.717, 1.165) is 10.7 Å². The Morgan fingerprint density at radius 3 is 2.52 bits per heavy atom. The first-order valence-electron chi connectivity index (χ1n) is 8.04. The van der Waals surface area contributed by atoms with Crippen LogP contribution in [0.2, 0.25) is 0 Å². The summed E-state index contributed by atoms with van der Waals surface area (Å²) in [7, 11) is 0. The average Bonchev–Trinajstić information content (AvgIpc) is 2.86. The first-order chi connectivity index (χ1) is 10.5. The van der Waals surface area contributed by atoms with Gasteiger partial charge in [-0.25, -0.2) is 9.78 Å². The lowest BCUT2D eigenvalue weighted by molar-refractivity contribution is -0.0669. The summed E-state index contributed by atoms with van der Waals surface area (Å²) in [6.07, 6.45) is -0.467. The van der Waals surface area contributed by atoms with Gasteiger partial charge < -0.3 is 14.4 Å². The average molecular weight is 340 g/mol. The van der Waals surface area contributed by atoms with E-state index in [-0.39, 0.29) is 23.7 Å². The highest BCUT2D eigenvalue weighted by Gasteiger charge is 2.35. The van der Waals surface area contributed by atoms with Crippen molar-refractivity contribution in [3.8, 4) is 0 Å². The van der Waals surface area contributed by atoms with E-state index in [0.29, 0.717) is 13.2 Å². The maximum Gasteiger partial charge on any atom is 0.410 e. The van der Waals surface area contributed by atoms with Gasteiger partial charge in [0.2, 0.25) is 0 Å². The smallest absolute Gasteiger partial charge is 0.410 e. The number of hydrogen-bond donors (Lipinski definition) is 0. The van der Waals surface area contributed by atoms with Crippen molar-refractivity contribution < 1.29 is 14.3 Å². The number of rotatable bonds is 1. The number of nitrogens with zero attached hydrogens (tertiary/aromatic N) is 2.